The van der Waals surface area contributed by atoms with Gasteiger partial charge in [-0.05, 0) is 6.07 Å². The van der Waals surface area contributed by atoms with E-state index in [4.69, 9.17) is 4.74 Å². The van der Waals surface area contributed by atoms with Crippen molar-refractivity contribution in [2.75, 3.05) is 12.4 Å². The Hall–Kier alpha value is -0.840. The molecule has 0 aromatic heterocycles. The fraction of sp³-hybridized carbons (Fsp3) is 0.400. The van der Waals surface area contributed by atoms with Crippen molar-refractivity contribution >= 4 is 11.8 Å². The monoisotopic (exact) mass is 234 g/mol. The molecule has 2 rings (SSSR count). The fourth-order valence-electron chi connectivity index (χ4n) is 1.56. The molecule has 1 aromatic rings. The molecule has 1 aliphatic rings. The van der Waals surface area contributed by atoms with Crippen LogP contribution in [0.3, 0.4) is 0 Å². The van der Waals surface area contributed by atoms with Crippen molar-refractivity contribution in [1.29, 1.82) is 0 Å². The molecule has 0 saturated carbocycles. The van der Waals surface area contributed by atoms with E-state index in [1.807, 2.05) is 18.2 Å². The second-order valence-corrected chi connectivity index (χ2v) is 4.39. The van der Waals surface area contributed by atoms with Crippen LogP contribution in [-0.2, 0) is 0 Å². The zero-order valence-corrected chi connectivity index (χ0v) is 8.57. The van der Waals surface area contributed by atoms with Gasteiger partial charge in [-0.2, -0.15) is 13.2 Å². The molecule has 1 aromatic carbocycles. The number of halogens is 3. The Morgan fingerprint density at radius 1 is 1.33 bits per heavy atom. The topological polar surface area (TPSA) is 9.23 Å². The van der Waals surface area contributed by atoms with Gasteiger partial charge in [0.1, 0.15) is 5.75 Å². The van der Waals surface area contributed by atoms with Gasteiger partial charge < -0.3 is 4.74 Å². The standard InChI is InChI=1S/C10H9F3OS/c11-10(12,13)15-6-7-5-14-9-4-2-1-3-8(7)9/h1-4,7H,5-6H2. The predicted octanol–water partition coefficient (Wildman–Crippen LogP) is 3.42. The molecule has 0 aliphatic carbocycles. The molecular weight excluding hydrogens is 225 g/mol. The lowest BCUT2D eigenvalue weighted by atomic mass is 10.0. The van der Waals surface area contributed by atoms with Gasteiger partial charge in [-0.25, -0.2) is 0 Å². The van der Waals surface area contributed by atoms with E-state index in [1.165, 1.54) is 0 Å². The Labute approximate surface area is 89.6 Å². The zero-order valence-electron chi connectivity index (χ0n) is 7.75. The first-order valence-electron chi connectivity index (χ1n) is 4.49. The Morgan fingerprint density at radius 3 is 2.80 bits per heavy atom. The first kappa shape index (κ1) is 10.7. The summed E-state index contributed by atoms with van der Waals surface area (Å²) in [5.74, 6) is 0.596. The summed E-state index contributed by atoms with van der Waals surface area (Å²) in [6.07, 6.45) is 0. The van der Waals surface area contributed by atoms with Gasteiger partial charge >= 0.3 is 5.51 Å². The Balaban J connectivity index is 2.02. The summed E-state index contributed by atoms with van der Waals surface area (Å²) in [4.78, 5) is 0. The van der Waals surface area contributed by atoms with E-state index in [1.54, 1.807) is 6.07 Å². The molecule has 0 amide bonds. The van der Waals surface area contributed by atoms with Crippen LogP contribution < -0.4 is 4.74 Å². The maximum atomic E-state index is 12.0. The minimum Gasteiger partial charge on any atom is -0.493 e. The number of hydrogen-bond donors (Lipinski definition) is 0. The third-order valence-electron chi connectivity index (χ3n) is 2.25. The van der Waals surface area contributed by atoms with Crippen LogP contribution in [-0.4, -0.2) is 17.9 Å². The summed E-state index contributed by atoms with van der Waals surface area (Å²) in [7, 11) is 0. The lowest BCUT2D eigenvalue weighted by molar-refractivity contribution is -0.0328. The average molecular weight is 234 g/mol. The average Bonchev–Trinajstić information content (AvgIpc) is 2.57. The van der Waals surface area contributed by atoms with E-state index in [0.717, 1.165) is 5.56 Å². The fourth-order valence-corrected chi connectivity index (χ4v) is 2.23. The molecule has 0 fully saturated rings. The molecule has 1 aliphatic heterocycles. The molecule has 82 valence electrons. The van der Waals surface area contributed by atoms with E-state index in [0.29, 0.717) is 12.4 Å². The number of para-hydroxylation sites is 1. The predicted molar refractivity (Wildman–Crippen MR) is 53.2 cm³/mol. The quantitative estimate of drug-likeness (QED) is 0.775. The summed E-state index contributed by atoms with van der Waals surface area (Å²) in [6, 6.07) is 7.24. The van der Waals surface area contributed by atoms with Gasteiger partial charge in [0.2, 0.25) is 0 Å². The molecule has 0 radical (unpaired) electrons. The Kier molecular flexibility index (Phi) is 2.82. The highest BCUT2D eigenvalue weighted by atomic mass is 32.2. The SMILES string of the molecule is FC(F)(F)SCC1COc2ccccc21. The number of ether oxygens (including phenoxy) is 1. The number of alkyl halides is 3. The summed E-state index contributed by atoms with van der Waals surface area (Å²) < 4.78 is 41.3. The zero-order chi connectivity index (χ0) is 10.9. The number of thioether (sulfide) groups is 1. The van der Waals surface area contributed by atoms with Gasteiger partial charge in [-0.3, -0.25) is 0 Å². The van der Waals surface area contributed by atoms with Gasteiger partial charge in [0.15, 0.2) is 0 Å². The molecule has 0 N–H and O–H groups in total. The normalized spacial score (nSPS) is 19.8. The minimum absolute atomic E-state index is 0.0144. The van der Waals surface area contributed by atoms with Crippen molar-refractivity contribution in [2.45, 2.75) is 11.4 Å². The first-order valence-corrected chi connectivity index (χ1v) is 5.47. The first-order chi connectivity index (χ1) is 7.06. The minimum atomic E-state index is -4.16. The van der Waals surface area contributed by atoms with Crippen molar-refractivity contribution in [2.24, 2.45) is 0 Å². The maximum Gasteiger partial charge on any atom is 0.441 e. The van der Waals surface area contributed by atoms with Crippen LogP contribution in [0.1, 0.15) is 11.5 Å². The Morgan fingerprint density at radius 2 is 2.07 bits per heavy atom. The van der Waals surface area contributed by atoms with Crippen LogP contribution in [0.2, 0.25) is 0 Å². The highest BCUT2D eigenvalue weighted by Gasteiger charge is 2.32. The van der Waals surface area contributed by atoms with Crippen LogP contribution in [0.5, 0.6) is 5.75 Å². The van der Waals surface area contributed by atoms with Crippen LogP contribution in [0.15, 0.2) is 24.3 Å². The third kappa shape index (κ3) is 2.59. The molecule has 1 heterocycles. The summed E-state index contributed by atoms with van der Waals surface area (Å²) in [6.45, 7) is 0.350. The second-order valence-electron chi connectivity index (χ2n) is 3.30. The molecule has 0 saturated heterocycles. The molecule has 0 spiro atoms. The van der Waals surface area contributed by atoms with Gasteiger partial charge in [-0.1, -0.05) is 30.0 Å². The van der Waals surface area contributed by atoms with Crippen LogP contribution >= 0.6 is 11.8 Å². The van der Waals surface area contributed by atoms with E-state index >= 15 is 0 Å². The van der Waals surface area contributed by atoms with Gasteiger partial charge in [0.25, 0.3) is 0 Å². The summed E-state index contributed by atoms with van der Waals surface area (Å²) in [5.41, 5.74) is -3.27. The largest absolute Gasteiger partial charge is 0.493 e. The van der Waals surface area contributed by atoms with Gasteiger partial charge in [0, 0.05) is 17.2 Å². The van der Waals surface area contributed by atoms with Crippen molar-refractivity contribution < 1.29 is 17.9 Å². The smallest absolute Gasteiger partial charge is 0.441 e. The van der Waals surface area contributed by atoms with E-state index < -0.39 is 5.51 Å². The second kappa shape index (κ2) is 3.96. The summed E-state index contributed by atoms with van der Waals surface area (Å²) >= 11 is 0.0144. The highest BCUT2D eigenvalue weighted by molar-refractivity contribution is 8.00. The van der Waals surface area contributed by atoms with E-state index in [2.05, 4.69) is 0 Å². The van der Waals surface area contributed by atoms with Crippen molar-refractivity contribution in [3.05, 3.63) is 29.8 Å². The van der Waals surface area contributed by atoms with E-state index in [9.17, 15) is 13.2 Å². The molecule has 1 nitrogen and oxygen atoms in total. The lowest BCUT2D eigenvalue weighted by Crippen LogP contribution is -2.09. The third-order valence-corrected chi connectivity index (χ3v) is 3.14. The lowest BCUT2D eigenvalue weighted by Gasteiger charge is -2.10. The van der Waals surface area contributed by atoms with Gasteiger partial charge in [0.05, 0.1) is 6.61 Å². The molecule has 5 heteroatoms. The number of rotatable bonds is 2. The molecule has 1 atom stereocenters. The molecular formula is C10H9F3OS. The highest BCUT2D eigenvalue weighted by Crippen LogP contribution is 2.39. The number of benzene rings is 1. The van der Waals surface area contributed by atoms with Gasteiger partial charge in [-0.15, -0.1) is 0 Å². The van der Waals surface area contributed by atoms with Crippen LogP contribution in [0, 0.1) is 0 Å². The van der Waals surface area contributed by atoms with Crippen molar-refractivity contribution in [3.8, 4) is 5.75 Å². The Bertz CT molecular complexity index is 351. The molecule has 1 unspecified atom stereocenters. The van der Waals surface area contributed by atoms with E-state index in [-0.39, 0.29) is 23.4 Å². The number of fused-ring (bicyclic) bond motifs is 1. The van der Waals surface area contributed by atoms with Crippen molar-refractivity contribution in [3.63, 3.8) is 0 Å². The van der Waals surface area contributed by atoms with Crippen LogP contribution in [0.25, 0.3) is 0 Å². The summed E-state index contributed by atoms with van der Waals surface area (Å²) in [5, 5.41) is 0. The number of hydrogen-bond acceptors (Lipinski definition) is 2. The van der Waals surface area contributed by atoms with Crippen molar-refractivity contribution in [1.82, 2.24) is 0 Å². The van der Waals surface area contributed by atoms with Crippen LogP contribution in [0.4, 0.5) is 13.2 Å². The molecule has 15 heavy (non-hydrogen) atoms. The maximum absolute atomic E-state index is 12.0. The molecule has 0 bridgehead atoms.